The Morgan fingerprint density at radius 2 is 1.89 bits per heavy atom. The molecule has 0 bridgehead atoms. The van der Waals surface area contributed by atoms with E-state index in [1.807, 2.05) is 32.9 Å². The Hall–Kier alpha value is -2.37. The smallest absolute Gasteiger partial charge is 0.308 e. The number of amides is 2. The summed E-state index contributed by atoms with van der Waals surface area (Å²) in [4.78, 5) is 39.0. The molecule has 1 heterocycles. The summed E-state index contributed by atoms with van der Waals surface area (Å²) in [6.45, 7) is 6.41. The summed E-state index contributed by atoms with van der Waals surface area (Å²) in [5, 5.41) is 12.4. The zero-order valence-corrected chi connectivity index (χ0v) is 16.1. The minimum atomic E-state index is -0.827. The van der Waals surface area contributed by atoms with Gasteiger partial charge in [0.05, 0.1) is 5.92 Å². The maximum absolute atomic E-state index is 13.1. The highest BCUT2D eigenvalue weighted by Gasteiger charge is 2.47. The van der Waals surface area contributed by atoms with Gasteiger partial charge in [0.25, 0.3) is 5.91 Å². The molecule has 1 aromatic rings. The summed E-state index contributed by atoms with van der Waals surface area (Å²) >= 11 is 0. The molecule has 1 unspecified atom stereocenters. The van der Waals surface area contributed by atoms with Gasteiger partial charge in [0.15, 0.2) is 0 Å². The third-order valence-corrected chi connectivity index (χ3v) is 5.72. The number of rotatable bonds is 6. The summed E-state index contributed by atoms with van der Waals surface area (Å²) in [5.41, 5.74) is 1.50. The molecule has 2 aliphatic rings. The molecule has 146 valence electrons. The van der Waals surface area contributed by atoms with E-state index in [-0.39, 0.29) is 30.2 Å². The number of benzene rings is 1. The highest BCUT2D eigenvalue weighted by Crippen LogP contribution is 2.44. The van der Waals surface area contributed by atoms with Crippen LogP contribution in [0.15, 0.2) is 24.3 Å². The lowest BCUT2D eigenvalue weighted by atomic mass is 9.92. The molecule has 1 saturated heterocycles. The van der Waals surface area contributed by atoms with Crippen LogP contribution >= 0.6 is 0 Å². The molecule has 3 atom stereocenters. The predicted octanol–water partition coefficient (Wildman–Crippen LogP) is 2.32. The number of aryl methyl sites for hydroxylation is 1. The van der Waals surface area contributed by atoms with Crippen LogP contribution in [0.1, 0.15) is 42.6 Å². The average molecular weight is 372 g/mol. The van der Waals surface area contributed by atoms with Gasteiger partial charge in [-0.2, -0.15) is 0 Å². The van der Waals surface area contributed by atoms with Crippen molar-refractivity contribution in [1.82, 2.24) is 10.2 Å². The number of hydrogen-bond acceptors (Lipinski definition) is 3. The van der Waals surface area contributed by atoms with E-state index in [0.29, 0.717) is 18.0 Å². The monoisotopic (exact) mass is 372 g/mol. The molecule has 1 aliphatic heterocycles. The summed E-state index contributed by atoms with van der Waals surface area (Å²) in [5.74, 6) is -1.42. The predicted molar refractivity (Wildman–Crippen MR) is 101 cm³/mol. The van der Waals surface area contributed by atoms with Crippen LogP contribution in [-0.4, -0.2) is 46.9 Å². The number of carbonyl (C=O) groups excluding carboxylic acids is 2. The number of hydrogen-bond donors (Lipinski definition) is 2. The molecule has 1 aliphatic carbocycles. The summed E-state index contributed by atoms with van der Waals surface area (Å²) in [7, 11) is 0. The maximum atomic E-state index is 13.1. The van der Waals surface area contributed by atoms with E-state index in [4.69, 9.17) is 0 Å². The fraction of sp³-hybridized carbons (Fsp3) is 0.571. The Balaban J connectivity index is 1.72. The second-order valence-electron chi connectivity index (χ2n) is 8.25. The standard InChI is InChI=1S/C21H28N2O4/c1-12(2)18(22-19(24)15-6-4-5-13(3)9-15)20(25)23-10-16(14-7-8-14)17(11-23)21(26)27/h4-6,9,12,14,16-18H,7-8,10-11H2,1-3H3,(H,22,24)(H,26,27)/t16-,17+,18?/m1/s1. The van der Waals surface area contributed by atoms with Gasteiger partial charge in [-0.15, -0.1) is 0 Å². The molecule has 3 rings (SSSR count). The van der Waals surface area contributed by atoms with Gasteiger partial charge in [0.2, 0.25) is 5.91 Å². The normalized spacial score (nSPS) is 23.3. The third kappa shape index (κ3) is 4.31. The van der Waals surface area contributed by atoms with Gasteiger partial charge in [-0.05, 0) is 49.7 Å². The van der Waals surface area contributed by atoms with Gasteiger partial charge in [0, 0.05) is 18.7 Å². The SMILES string of the molecule is Cc1cccc(C(=O)NC(C(=O)N2C[C@H](C(=O)O)[C@@H](C3CC3)C2)C(C)C)c1. The number of carboxylic acid groups (broad SMARTS) is 1. The van der Waals surface area contributed by atoms with Crippen LogP contribution in [0.2, 0.25) is 0 Å². The largest absolute Gasteiger partial charge is 0.481 e. The average Bonchev–Trinajstić information content (AvgIpc) is 3.36. The van der Waals surface area contributed by atoms with E-state index in [1.165, 1.54) is 0 Å². The van der Waals surface area contributed by atoms with Crippen molar-refractivity contribution in [1.29, 1.82) is 0 Å². The first-order valence-electron chi connectivity index (χ1n) is 9.67. The van der Waals surface area contributed by atoms with E-state index in [0.717, 1.165) is 18.4 Å². The van der Waals surface area contributed by atoms with Crippen molar-refractivity contribution >= 4 is 17.8 Å². The van der Waals surface area contributed by atoms with Gasteiger partial charge >= 0.3 is 5.97 Å². The molecule has 2 amide bonds. The van der Waals surface area contributed by atoms with Crippen molar-refractivity contribution in [3.63, 3.8) is 0 Å². The van der Waals surface area contributed by atoms with Crippen LogP contribution in [0.3, 0.4) is 0 Å². The van der Waals surface area contributed by atoms with E-state index in [1.54, 1.807) is 17.0 Å². The molecular formula is C21H28N2O4. The summed E-state index contributed by atoms with van der Waals surface area (Å²) < 4.78 is 0. The van der Waals surface area contributed by atoms with E-state index < -0.39 is 17.9 Å². The van der Waals surface area contributed by atoms with Gasteiger partial charge in [-0.25, -0.2) is 0 Å². The molecule has 0 spiro atoms. The Bertz CT molecular complexity index is 741. The van der Waals surface area contributed by atoms with E-state index >= 15 is 0 Å². The van der Waals surface area contributed by atoms with Crippen LogP contribution < -0.4 is 5.32 Å². The van der Waals surface area contributed by atoms with Crippen LogP contribution in [0.4, 0.5) is 0 Å². The molecule has 6 heteroatoms. The number of carboxylic acids is 1. The molecule has 1 aromatic carbocycles. The number of likely N-dealkylation sites (tertiary alicyclic amines) is 1. The number of aliphatic carboxylic acids is 1. The molecule has 2 fully saturated rings. The Morgan fingerprint density at radius 3 is 2.44 bits per heavy atom. The zero-order chi connectivity index (χ0) is 19.7. The van der Waals surface area contributed by atoms with Gasteiger partial charge in [0.1, 0.15) is 6.04 Å². The molecule has 2 N–H and O–H groups in total. The molecule has 1 saturated carbocycles. The first-order chi connectivity index (χ1) is 12.8. The fourth-order valence-electron chi connectivity index (χ4n) is 3.99. The Morgan fingerprint density at radius 1 is 1.19 bits per heavy atom. The van der Waals surface area contributed by atoms with Crippen molar-refractivity contribution in [2.45, 2.75) is 39.7 Å². The van der Waals surface area contributed by atoms with Crippen LogP contribution in [0, 0.1) is 30.6 Å². The lowest BCUT2D eigenvalue weighted by Gasteiger charge is -2.27. The van der Waals surface area contributed by atoms with Crippen molar-refractivity contribution in [3.05, 3.63) is 35.4 Å². The zero-order valence-electron chi connectivity index (χ0n) is 16.1. The molecule has 0 aromatic heterocycles. The number of carbonyl (C=O) groups is 3. The topological polar surface area (TPSA) is 86.7 Å². The Kier molecular flexibility index (Phi) is 5.53. The van der Waals surface area contributed by atoms with Crippen molar-refractivity contribution < 1.29 is 19.5 Å². The molecular weight excluding hydrogens is 344 g/mol. The van der Waals surface area contributed by atoms with Gasteiger partial charge in [-0.3, -0.25) is 14.4 Å². The summed E-state index contributed by atoms with van der Waals surface area (Å²) in [6.07, 6.45) is 2.10. The van der Waals surface area contributed by atoms with Gasteiger partial charge in [-0.1, -0.05) is 31.5 Å². The number of nitrogens with zero attached hydrogens (tertiary/aromatic N) is 1. The lowest BCUT2D eigenvalue weighted by Crippen LogP contribution is -2.50. The van der Waals surface area contributed by atoms with E-state index in [2.05, 4.69) is 5.32 Å². The minimum absolute atomic E-state index is 0.0340. The second kappa shape index (κ2) is 7.71. The third-order valence-electron chi connectivity index (χ3n) is 5.72. The first kappa shape index (κ1) is 19.4. The first-order valence-corrected chi connectivity index (χ1v) is 9.67. The number of nitrogens with one attached hydrogen (secondary N) is 1. The van der Waals surface area contributed by atoms with Crippen LogP contribution in [0.25, 0.3) is 0 Å². The van der Waals surface area contributed by atoms with Crippen molar-refractivity contribution in [2.24, 2.45) is 23.7 Å². The molecule has 27 heavy (non-hydrogen) atoms. The quantitative estimate of drug-likeness (QED) is 0.802. The molecule has 6 nitrogen and oxygen atoms in total. The molecule has 0 radical (unpaired) electrons. The van der Waals surface area contributed by atoms with Crippen molar-refractivity contribution in [3.8, 4) is 0 Å². The highest BCUT2D eigenvalue weighted by atomic mass is 16.4. The van der Waals surface area contributed by atoms with Crippen molar-refractivity contribution in [2.75, 3.05) is 13.1 Å². The highest BCUT2D eigenvalue weighted by molar-refractivity contribution is 5.97. The van der Waals surface area contributed by atoms with E-state index in [9.17, 15) is 19.5 Å². The second-order valence-corrected chi connectivity index (χ2v) is 8.25. The lowest BCUT2D eigenvalue weighted by molar-refractivity contribution is -0.142. The summed E-state index contributed by atoms with van der Waals surface area (Å²) in [6, 6.07) is 6.58. The minimum Gasteiger partial charge on any atom is -0.481 e. The van der Waals surface area contributed by atoms with Gasteiger partial charge < -0.3 is 15.3 Å². The van der Waals surface area contributed by atoms with Crippen LogP contribution in [-0.2, 0) is 9.59 Å². The maximum Gasteiger partial charge on any atom is 0.308 e. The van der Waals surface area contributed by atoms with Crippen LogP contribution in [0.5, 0.6) is 0 Å². The fourth-order valence-corrected chi connectivity index (χ4v) is 3.99. The Labute approximate surface area is 159 Å².